The Balaban J connectivity index is 4.10. The lowest BCUT2D eigenvalue weighted by Crippen LogP contribution is -2.25. The van der Waals surface area contributed by atoms with Crippen molar-refractivity contribution in [2.24, 2.45) is 5.14 Å². The number of terminal acetylenes is 1. The first kappa shape index (κ1) is 8.47. The zero-order valence-corrected chi connectivity index (χ0v) is 5.98. The van der Waals surface area contributed by atoms with Crippen molar-refractivity contribution in [3.8, 4) is 12.3 Å². The molecule has 0 fully saturated rings. The van der Waals surface area contributed by atoms with Crippen LogP contribution in [0.15, 0.2) is 0 Å². The minimum absolute atomic E-state index is 0.179. The van der Waals surface area contributed by atoms with E-state index in [0.29, 0.717) is 0 Å². The third-order valence-electron chi connectivity index (χ3n) is 0.966. The number of hydrogen-bond donors (Lipinski definition) is 1. The molecule has 0 aliphatic heterocycles. The molecule has 3 nitrogen and oxygen atoms in total. The van der Waals surface area contributed by atoms with E-state index in [0.717, 1.165) is 0 Å². The number of primary sulfonamides is 1. The van der Waals surface area contributed by atoms with Crippen LogP contribution in [0.5, 0.6) is 0 Å². The second-order valence-electron chi connectivity index (χ2n) is 1.81. The van der Waals surface area contributed by atoms with Crippen LogP contribution in [0.2, 0.25) is 0 Å². The normalized spacial score (nSPS) is 14.3. The first-order valence-corrected chi connectivity index (χ1v) is 4.04. The first-order chi connectivity index (χ1) is 3.98. The van der Waals surface area contributed by atoms with E-state index < -0.39 is 15.3 Å². The van der Waals surface area contributed by atoms with E-state index in [9.17, 15) is 8.42 Å². The molecule has 1 atom stereocenters. The summed E-state index contributed by atoms with van der Waals surface area (Å²) in [5.74, 6) is 2.21. The van der Waals surface area contributed by atoms with Gasteiger partial charge in [0.1, 0.15) is 0 Å². The molecular formula is C5H9NO2S. The Hall–Kier alpha value is -0.530. The Kier molecular flexibility index (Phi) is 2.68. The molecule has 52 valence electrons. The van der Waals surface area contributed by atoms with Gasteiger partial charge in [-0.2, -0.15) is 0 Å². The summed E-state index contributed by atoms with van der Waals surface area (Å²) in [6, 6.07) is 0. The summed E-state index contributed by atoms with van der Waals surface area (Å²) in [6.07, 6.45) is 5.04. The highest BCUT2D eigenvalue weighted by molar-refractivity contribution is 7.89. The minimum Gasteiger partial charge on any atom is -0.228 e. The van der Waals surface area contributed by atoms with Gasteiger partial charge in [0.2, 0.25) is 10.0 Å². The Bertz CT molecular complexity index is 212. The van der Waals surface area contributed by atoms with E-state index in [4.69, 9.17) is 11.6 Å². The maximum atomic E-state index is 10.4. The monoisotopic (exact) mass is 147 g/mol. The molecule has 4 heteroatoms. The lowest BCUT2D eigenvalue weighted by Gasteiger charge is -2.01. The van der Waals surface area contributed by atoms with Crippen LogP contribution >= 0.6 is 0 Å². The molecule has 0 aliphatic rings. The fourth-order valence-electron chi connectivity index (χ4n) is 0.282. The second-order valence-corrected chi connectivity index (χ2v) is 3.79. The highest BCUT2D eigenvalue weighted by Gasteiger charge is 2.12. The van der Waals surface area contributed by atoms with Crippen LogP contribution in [0.1, 0.15) is 13.3 Å². The molecule has 2 N–H and O–H groups in total. The Morgan fingerprint density at radius 3 is 2.33 bits per heavy atom. The summed E-state index contributed by atoms with van der Waals surface area (Å²) < 4.78 is 20.8. The molecule has 1 unspecified atom stereocenters. The molecule has 0 aromatic carbocycles. The van der Waals surface area contributed by atoms with Crippen molar-refractivity contribution in [2.75, 3.05) is 0 Å². The molecule has 0 rings (SSSR count). The van der Waals surface area contributed by atoms with Crippen molar-refractivity contribution in [1.29, 1.82) is 0 Å². The van der Waals surface area contributed by atoms with Crippen LogP contribution in [0.3, 0.4) is 0 Å². The lowest BCUT2D eigenvalue weighted by atomic mass is 10.3. The predicted molar refractivity (Wildman–Crippen MR) is 36.0 cm³/mol. The first-order valence-electron chi connectivity index (χ1n) is 2.43. The van der Waals surface area contributed by atoms with Crippen LogP contribution < -0.4 is 5.14 Å². The molecule has 0 saturated heterocycles. The number of sulfonamides is 1. The molecule has 0 aliphatic carbocycles. The van der Waals surface area contributed by atoms with Gasteiger partial charge < -0.3 is 0 Å². The Morgan fingerprint density at radius 2 is 2.22 bits per heavy atom. The number of rotatable bonds is 2. The molecule has 0 saturated carbocycles. The Morgan fingerprint density at radius 1 is 1.78 bits per heavy atom. The number of nitrogens with two attached hydrogens (primary N) is 1. The average molecular weight is 147 g/mol. The van der Waals surface area contributed by atoms with Crippen LogP contribution in [-0.4, -0.2) is 13.7 Å². The van der Waals surface area contributed by atoms with Crippen molar-refractivity contribution in [2.45, 2.75) is 18.6 Å². The summed E-state index contributed by atoms with van der Waals surface area (Å²) in [5.41, 5.74) is 0. The van der Waals surface area contributed by atoms with Crippen molar-refractivity contribution in [1.82, 2.24) is 0 Å². The van der Waals surface area contributed by atoms with Crippen molar-refractivity contribution in [3.63, 3.8) is 0 Å². The standard InChI is InChI=1S/C5H9NO2S/c1-3-4-5(2)9(6,7)8/h1,5H,4H2,2H3,(H2,6,7,8). The lowest BCUT2D eigenvalue weighted by molar-refractivity contribution is 0.586. The molecule has 0 aromatic rings. The summed E-state index contributed by atoms with van der Waals surface area (Å²) in [6.45, 7) is 1.48. The third-order valence-corrected chi connectivity index (χ3v) is 2.25. The van der Waals surface area contributed by atoms with Crippen molar-refractivity contribution < 1.29 is 8.42 Å². The predicted octanol–water partition coefficient (Wildman–Crippen LogP) is -0.313. The average Bonchev–Trinajstić information content (AvgIpc) is 1.64. The highest BCUT2D eigenvalue weighted by atomic mass is 32.2. The van der Waals surface area contributed by atoms with E-state index >= 15 is 0 Å². The van der Waals surface area contributed by atoms with Gasteiger partial charge in [0.15, 0.2) is 0 Å². The topological polar surface area (TPSA) is 60.2 Å². The van der Waals surface area contributed by atoms with Crippen molar-refractivity contribution in [3.05, 3.63) is 0 Å². The SMILES string of the molecule is C#CCC(C)S(N)(=O)=O. The minimum atomic E-state index is -3.41. The third kappa shape index (κ3) is 3.12. The Labute approximate surface area is 55.3 Å². The van der Waals surface area contributed by atoms with E-state index in [-0.39, 0.29) is 6.42 Å². The maximum absolute atomic E-state index is 10.4. The molecule has 0 amide bonds. The van der Waals surface area contributed by atoms with E-state index in [2.05, 4.69) is 5.92 Å². The van der Waals surface area contributed by atoms with Crippen LogP contribution in [-0.2, 0) is 10.0 Å². The molecule has 0 radical (unpaired) electrons. The molecular weight excluding hydrogens is 138 g/mol. The van der Waals surface area contributed by atoms with Crippen LogP contribution in [0.4, 0.5) is 0 Å². The number of hydrogen-bond acceptors (Lipinski definition) is 2. The van der Waals surface area contributed by atoms with Gasteiger partial charge in [-0.1, -0.05) is 0 Å². The highest BCUT2D eigenvalue weighted by Crippen LogP contribution is 1.97. The largest absolute Gasteiger partial charge is 0.228 e. The van der Waals surface area contributed by atoms with Gasteiger partial charge in [-0.05, 0) is 6.92 Å². The summed E-state index contributed by atoms with van der Waals surface area (Å²) in [4.78, 5) is 0. The van der Waals surface area contributed by atoms with Gasteiger partial charge >= 0.3 is 0 Å². The molecule has 0 spiro atoms. The van der Waals surface area contributed by atoms with Gasteiger partial charge in [-0.3, -0.25) is 0 Å². The van der Waals surface area contributed by atoms with Gasteiger partial charge in [-0.25, -0.2) is 13.6 Å². The summed E-state index contributed by atoms with van der Waals surface area (Å²) >= 11 is 0. The van der Waals surface area contributed by atoms with Crippen LogP contribution in [0.25, 0.3) is 0 Å². The van der Waals surface area contributed by atoms with Gasteiger partial charge in [0, 0.05) is 6.42 Å². The summed E-state index contributed by atoms with van der Waals surface area (Å²) in [7, 11) is -3.41. The molecule has 0 bridgehead atoms. The van der Waals surface area contributed by atoms with E-state index in [1.54, 1.807) is 0 Å². The molecule has 0 aromatic heterocycles. The fraction of sp³-hybridized carbons (Fsp3) is 0.600. The van der Waals surface area contributed by atoms with Crippen molar-refractivity contribution >= 4 is 10.0 Å². The smallest absolute Gasteiger partial charge is 0.212 e. The van der Waals surface area contributed by atoms with Gasteiger partial charge in [0.05, 0.1) is 5.25 Å². The maximum Gasteiger partial charge on any atom is 0.212 e. The molecule has 9 heavy (non-hydrogen) atoms. The zero-order chi connectivity index (χ0) is 7.49. The molecule has 0 heterocycles. The van der Waals surface area contributed by atoms with Gasteiger partial charge in [-0.15, -0.1) is 12.3 Å². The fourth-order valence-corrected chi connectivity index (χ4v) is 0.611. The van der Waals surface area contributed by atoms with Gasteiger partial charge in [0.25, 0.3) is 0 Å². The second kappa shape index (κ2) is 2.85. The van der Waals surface area contributed by atoms with E-state index in [1.165, 1.54) is 6.92 Å². The van der Waals surface area contributed by atoms with E-state index in [1.807, 2.05) is 0 Å². The van der Waals surface area contributed by atoms with Crippen LogP contribution in [0, 0.1) is 12.3 Å². The quantitative estimate of drug-likeness (QED) is 0.544. The zero-order valence-electron chi connectivity index (χ0n) is 5.16. The summed E-state index contributed by atoms with van der Waals surface area (Å²) in [5, 5.41) is 4.12.